The van der Waals surface area contributed by atoms with Crippen LogP contribution < -0.4 is 15.1 Å². The molecule has 0 N–H and O–H groups in total. The van der Waals surface area contributed by atoms with E-state index in [1.165, 1.54) is 0 Å². The molecule has 0 saturated heterocycles. The highest BCUT2D eigenvalue weighted by atomic mass is 16.3. The van der Waals surface area contributed by atoms with Crippen molar-refractivity contribution in [1.29, 1.82) is 0 Å². The molecule has 0 aliphatic carbocycles. The number of hydrogen-bond acceptors (Lipinski definition) is 5. The van der Waals surface area contributed by atoms with Crippen LogP contribution in [0.2, 0.25) is 0 Å². The molecule has 33 heavy (non-hydrogen) atoms. The van der Waals surface area contributed by atoms with E-state index in [-0.39, 0.29) is 6.98 Å². The molecule has 6 heteroatoms. The Kier molecular flexibility index (Phi) is 3.16. The molecule has 5 heterocycles. The largest absolute Gasteiger partial charge is 0.461 e. The maximum Gasteiger partial charge on any atom is 0.423 e. The number of anilines is 4. The van der Waals surface area contributed by atoms with Crippen molar-refractivity contribution in [3.63, 3.8) is 0 Å². The van der Waals surface area contributed by atoms with Crippen molar-refractivity contribution in [1.82, 2.24) is 4.98 Å². The van der Waals surface area contributed by atoms with Crippen LogP contribution in [0.1, 0.15) is 0 Å². The number of benzene rings is 3. The Balaban J connectivity index is 1.42. The second kappa shape index (κ2) is 6.08. The second-order valence-electron chi connectivity index (χ2n) is 8.46. The quantitative estimate of drug-likeness (QED) is 0.292. The Bertz CT molecular complexity index is 1720. The Morgan fingerprint density at radius 2 is 1.52 bits per heavy atom. The minimum atomic E-state index is -0.0631. The molecular weight excluding hydrogens is 409 g/mol. The molecule has 6 aromatic rings. The summed E-state index contributed by atoms with van der Waals surface area (Å²) in [6.45, 7) is -0.0631. The third-order valence-corrected chi connectivity index (χ3v) is 6.76. The molecule has 2 aliphatic heterocycles. The lowest BCUT2D eigenvalue weighted by molar-refractivity contribution is 0.580. The van der Waals surface area contributed by atoms with Crippen LogP contribution in [-0.2, 0) is 0 Å². The topological polar surface area (TPSA) is 45.7 Å². The van der Waals surface area contributed by atoms with Crippen molar-refractivity contribution in [2.75, 3.05) is 9.62 Å². The van der Waals surface area contributed by atoms with E-state index in [1.807, 2.05) is 30.5 Å². The molecule has 2 aliphatic rings. The van der Waals surface area contributed by atoms with Crippen molar-refractivity contribution in [2.45, 2.75) is 0 Å². The molecule has 0 radical (unpaired) electrons. The molecule has 0 saturated carbocycles. The summed E-state index contributed by atoms with van der Waals surface area (Å²) >= 11 is 0. The zero-order valence-electron chi connectivity index (χ0n) is 17.5. The van der Waals surface area contributed by atoms with E-state index in [0.717, 1.165) is 61.6 Å². The van der Waals surface area contributed by atoms with Crippen molar-refractivity contribution in [3.05, 3.63) is 97.4 Å². The summed E-state index contributed by atoms with van der Waals surface area (Å²) in [6, 6.07) is 29.4. The summed E-state index contributed by atoms with van der Waals surface area (Å²) in [5.41, 5.74) is 8.26. The van der Waals surface area contributed by atoms with E-state index >= 15 is 0 Å². The van der Waals surface area contributed by atoms with Gasteiger partial charge < -0.3 is 18.5 Å². The summed E-state index contributed by atoms with van der Waals surface area (Å²) in [5.74, 6) is 0.815. The summed E-state index contributed by atoms with van der Waals surface area (Å²) in [4.78, 5) is 9.46. The lowest BCUT2D eigenvalue weighted by Crippen LogP contribution is -2.55. The first-order valence-electron chi connectivity index (χ1n) is 11.0. The summed E-state index contributed by atoms with van der Waals surface area (Å²) in [7, 11) is 0. The van der Waals surface area contributed by atoms with E-state index in [1.54, 1.807) is 6.26 Å². The van der Waals surface area contributed by atoms with Gasteiger partial charge in [-0.1, -0.05) is 36.4 Å². The fourth-order valence-corrected chi connectivity index (χ4v) is 5.42. The normalized spacial score (nSPS) is 13.9. The Morgan fingerprint density at radius 1 is 0.697 bits per heavy atom. The van der Waals surface area contributed by atoms with Crippen LogP contribution >= 0.6 is 0 Å². The van der Waals surface area contributed by atoms with E-state index in [2.05, 4.69) is 70.3 Å². The number of furan rings is 2. The Morgan fingerprint density at radius 3 is 2.45 bits per heavy atom. The molecule has 0 bridgehead atoms. The molecule has 154 valence electrons. The maximum absolute atomic E-state index is 6.09. The summed E-state index contributed by atoms with van der Waals surface area (Å²) < 4.78 is 12.0. The van der Waals surface area contributed by atoms with E-state index in [4.69, 9.17) is 13.8 Å². The lowest BCUT2D eigenvalue weighted by Gasteiger charge is -2.33. The van der Waals surface area contributed by atoms with Gasteiger partial charge in [-0.3, -0.25) is 4.98 Å². The van der Waals surface area contributed by atoms with Crippen LogP contribution in [0, 0.1) is 0 Å². The van der Waals surface area contributed by atoms with Crippen LogP contribution in [0.25, 0.3) is 33.4 Å². The van der Waals surface area contributed by atoms with Gasteiger partial charge in [0.15, 0.2) is 5.76 Å². The van der Waals surface area contributed by atoms with Gasteiger partial charge >= 0.3 is 6.98 Å². The second-order valence-corrected chi connectivity index (χ2v) is 8.46. The van der Waals surface area contributed by atoms with Gasteiger partial charge in [0, 0.05) is 22.7 Å². The fraction of sp³-hybridized carbons (Fsp3) is 0. The van der Waals surface area contributed by atoms with Gasteiger partial charge in [0.05, 0.1) is 23.3 Å². The lowest BCUT2D eigenvalue weighted by atomic mass is 9.61. The fourth-order valence-electron chi connectivity index (χ4n) is 5.42. The first-order chi connectivity index (χ1) is 16.4. The highest BCUT2D eigenvalue weighted by Crippen LogP contribution is 2.51. The van der Waals surface area contributed by atoms with Crippen LogP contribution in [-0.4, -0.2) is 12.0 Å². The van der Waals surface area contributed by atoms with Gasteiger partial charge in [0.2, 0.25) is 0 Å². The monoisotopic (exact) mass is 425 g/mol. The van der Waals surface area contributed by atoms with Gasteiger partial charge in [-0.05, 0) is 54.0 Å². The van der Waals surface area contributed by atoms with Crippen LogP contribution in [0.3, 0.4) is 0 Å². The van der Waals surface area contributed by atoms with Crippen molar-refractivity contribution in [2.24, 2.45) is 0 Å². The number of pyridine rings is 1. The summed E-state index contributed by atoms with van der Waals surface area (Å²) in [6.07, 6.45) is 3.58. The van der Waals surface area contributed by atoms with Crippen LogP contribution in [0.15, 0.2) is 106 Å². The maximum atomic E-state index is 6.09. The van der Waals surface area contributed by atoms with Gasteiger partial charge in [-0.25, -0.2) is 0 Å². The van der Waals surface area contributed by atoms with Crippen molar-refractivity contribution < 1.29 is 8.83 Å². The number of nitrogens with zero attached hydrogens (tertiary/aromatic N) is 3. The minimum absolute atomic E-state index is 0.0631. The molecule has 8 rings (SSSR count). The third kappa shape index (κ3) is 2.15. The predicted octanol–water partition coefficient (Wildman–Crippen LogP) is 6.24. The minimum Gasteiger partial charge on any atom is -0.461 e. The van der Waals surface area contributed by atoms with E-state index < -0.39 is 0 Å². The first-order valence-corrected chi connectivity index (χ1v) is 11.0. The van der Waals surface area contributed by atoms with Crippen molar-refractivity contribution in [3.8, 4) is 11.5 Å². The van der Waals surface area contributed by atoms with Gasteiger partial charge in [-0.15, -0.1) is 0 Å². The molecule has 0 unspecified atom stereocenters. The molecule has 3 aromatic heterocycles. The van der Waals surface area contributed by atoms with E-state index in [0.29, 0.717) is 0 Å². The van der Waals surface area contributed by atoms with Crippen molar-refractivity contribution >= 4 is 57.1 Å². The zero-order chi connectivity index (χ0) is 21.5. The molecule has 3 aromatic carbocycles. The highest BCUT2D eigenvalue weighted by molar-refractivity contribution is 6.86. The predicted molar refractivity (Wildman–Crippen MR) is 132 cm³/mol. The highest BCUT2D eigenvalue weighted by Gasteiger charge is 2.49. The van der Waals surface area contributed by atoms with Crippen LogP contribution in [0.5, 0.6) is 0 Å². The first kappa shape index (κ1) is 17.2. The smallest absolute Gasteiger partial charge is 0.423 e. The molecule has 0 spiro atoms. The summed E-state index contributed by atoms with van der Waals surface area (Å²) in [5, 5.41) is 2.24. The number of hydrogen-bond donors (Lipinski definition) is 0. The number of fused-ring (bicyclic) bond motifs is 11. The number of para-hydroxylation sites is 3. The average Bonchev–Trinajstić information content (AvgIpc) is 3.57. The molecular formula is C27H16BN3O2. The molecule has 0 atom stereocenters. The molecule has 0 fully saturated rings. The Labute approximate surface area is 189 Å². The molecule has 0 amide bonds. The van der Waals surface area contributed by atoms with Gasteiger partial charge in [0.25, 0.3) is 0 Å². The zero-order valence-corrected chi connectivity index (χ0v) is 17.5. The average molecular weight is 425 g/mol. The Hall–Kier alpha value is -4.45. The standard InChI is InChI=1S/C27H16BN3O2/c1-4-10-24-18(6-1)19-16-17(11-12-25(19)33-24)30-21-8-2-3-9-22(21)31-23-13-15-32-27(23)26-20(28(30)31)7-5-14-29-26/h1-16H. The third-order valence-electron chi connectivity index (χ3n) is 6.76. The van der Waals surface area contributed by atoms with Gasteiger partial charge in [0.1, 0.15) is 16.9 Å². The van der Waals surface area contributed by atoms with Gasteiger partial charge in [-0.2, -0.15) is 0 Å². The van der Waals surface area contributed by atoms with E-state index in [9.17, 15) is 0 Å². The SMILES string of the molecule is c1cnc2c(c1)B1N(c3ccc4oc5ccccc5c4c3)c3ccccc3N1c1ccoc1-2. The van der Waals surface area contributed by atoms with Crippen LogP contribution in [0.4, 0.5) is 22.7 Å². The number of aromatic nitrogens is 1. The molecule has 5 nitrogen and oxygen atoms in total. The number of rotatable bonds is 1.